The monoisotopic (exact) mass is 476 g/mol. The minimum atomic E-state index is -0.983. The molecule has 0 aliphatic heterocycles. The van der Waals surface area contributed by atoms with Gasteiger partial charge in [-0.25, -0.2) is 18.4 Å². The van der Waals surface area contributed by atoms with Crippen LogP contribution in [0.4, 0.5) is 25.0 Å². The van der Waals surface area contributed by atoms with Gasteiger partial charge in [-0.2, -0.15) is 0 Å². The molecule has 0 saturated carbocycles. The molecule has 0 fully saturated rings. The van der Waals surface area contributed by atoms with Crippen molar-refractivity contribution in [1.29, 1.82) is 0 Å². The third-order valence-electron chi connectivity index (χ3n) is 4.49. The van der Waals surface area contributed by atoms with Crippen LogP contribution in [0.3, 0.4) is 0 Å². The van der Waals surface area contributed by atoms with E-state index in [9.17, 15) is 28.5 Å². The van der Waals surface area contributed by atoms with Gasteiger partial charge in [-0.1, -0.05) is 17.7 Å². The zero-order valence-corrected chi connectivity index (χ0v) is 17.7. The molecular weight excluding hydrogens is 462 g/mol. The summed E-state index contributed by atoms with van der Waals surface area (Å²) in [5, 5.41) is 10.5. The molecule has 0 spiro atoms. The zero-order chi connectivity index (χ0) is 24.1. The quantitative estimate of drug-likeness (QED) is 0.264. The van der Waals surface area contributed by atoms with E-state index in [1.807, 2.05) is 0 Å². The molecule has 0 radical (unpaired) electrons. The molecule has 0 heterocycles. The van der Waals surface area contributed by atoms with Crippen molar-refractivity contribution in [2.75, 3.05) is 12.0 Å². The maximum absolute atomic E-state index is 14.6. The lowest BCUT2D eigenvalue weighted by Gasteiger charge is -2.23. The molecule has 3 rings (SSSR count). The van der Waals surface area contributed by atoms with Gasteiger partial charge >= 0.3 is 12.1 Å². The number of carbonyl (C=O) groups excluding carboxylic acids is 2. The Kier molecular flexibility index (Phi) is 7.19. The first-order chi connectivity index (χ1) is 15.7. The van der Waals surface area contributed by atoms with Crippen molar-refractivity contribution in [3.63, 3.8) is 0 Å². The van der Waals surface area contributed by atoms with Crippen molar-refractivity contribution in [2.24, 2.45) is 0 Å². The van der Waals surface area contributed by atoms with Gasteiger partial charge in [0, 0.05) is 23.4 Å². The molecule has 170 valence electrons. The summed E-state index contributed by atoms with van der Waals surface area (Å²) in [6.45, 7) is -0.360. The molecule has 3 aromatic rings. The second kappa shape index (κ2) is 10.0. The van der Waals surface area contributed by atoms with Crippen LogP contribution >= 0.6 is 11.6 Å². The fourth-order valence-electron chi connectivity index (χ4n) is 2.80. The van der Waals surface area contributed by atoms with E-state index in [0.29, 0.717) is 0 Å². The van der Waals surface area contributed by atoms with Crippen LogP contribution in [0, 0.1) is 21.7 Å². The van der Waals surface area contributed by atoms with Crippen molar-refractivity contribution in [2.45, 2.75) is 6.54 Å². The fraction of sp³-hybridized carbons (Fsp3) is 0.0909. The van der Waals surface area contributed by atoms with E-state index in [1.54, 1.807) is 0 Å². The van der Waals surface area contributed by atoms with E-state index < -0.39 is 28.6 Å². The first-order valence-electron chi connectivity index (χ1n) is 9.25. The first kappa shape index (κ1) is 23.6. The molecule has 0 saturated heterocycles. The third-order valence-corrected chi connectivity index (χ3v) is 4.78. The van der Waals surface area contributed by atoms with Crippen LogP contribution in [0.25, 0.3) is 0 Å². The van der Waals surface area contributed by atoms with Crippen LogP contribution in [-0.4, -0.2) is 24.1 Å². The van der Waals surface area contributed by atoms with Crippen molar-refractivity contribution in [3.05, 3.63) is 98.6 Å². The highest BCUT2D eigenvalue weighted by molar-refractivity contribution is 6.31. The Hall–Kier alpha value is -4.05. The highest BCUT2D eigenvalue weighted by atomic mass is 35.5. The minimum Gasteiger partial charge on any atom is -0.465 e. The number of nitrogens with zero attached hydrogens (tertiary/aromatic N) is 2. The van der Waals surface area contributed by atoms with Gasteiger partial charge in [0.25, 0.3) is 5.69 Å². The number of anilines is 1. The Morgan fingerprint density at radius 3 is 2.30 bits per heavy atom. The largest absolute Gasteiger partial charge is 0.465 e. The number of carbonyl (C=O) groups is 2. The molecule has 0 N–H and O–H groups in total. The number of methoxy groups -OCH3 is 1. The molecule has 0 aliphatic carbocycles. The Balaban J connectivity index is 1.92. The smallest absolute Gasteiger partial charge is 0.420 e. The number of amides is 1. The van der Waals surface area contributed by atoms with Gasteiger partial charge in [0.05, 0.1) is 29.2 Å². The zero-order valence-electron chi connectivity index (χ0n) is 17.0. The summed E-state index contributed by atoms with van der Waals surface area (Å²) < 4.78 is 38.1. The average Bonchev–Trinajstić information content (AvgIpc) is 2.79. The van der Waals surface area contributed by atoms with E-state index in [1.165, 1.54) is 30.3 Å². The van der Waals surface area contributed by atoms with Gasteiger partial charge in [-0.15, -0.1) is 0 Å². The van der Waals surface area contributed by atoms with Gasteiger partial charge < -0.3 is 9.47 Å². The second-order valence-electron chi connectivity index (χ2n) is 6.60. The lowest BCUT2D eigenvalue weighted by Crippen LogP contribution is -2.33. The molecule has 1 amide bonds. The lowest BCUT2D eigenvalue weighted by atomic mass is 10.1. The highest BCUT2D eigenvalue weighted by Gasteiger charge is 2.22. The fourth-order valence-corrected chi connectivity index (χ4v) is 2.97. The van der Waals surface area contributed by atoms with Gasteiger partial charge in [-0.3, -0.25) is 15.0 Å². The predicted molar refractivity (Wildman–Crippen MR) is 114 cm³/mol. The summed E-state index contributed by atoms with van der Waals surface area (Å²) in [4.78, 5) is 35.7. The van der Waals surface area contributed by atoms with Gasteiger partial charge in [-0.05, 0) is 42.5 Å². The van der Waals surface area contributed by atoms with Gasteiger partial charge in [0.1, 0.15) is 17.4 Å². The molecule has 0 aliphatic rings. The number of non-ortho nitro benzene ring substituents is 1. The van der Waals surface area contributed by atoms with Gasteiger partial charge in [0.15, 0.2) is 0 Å². The van der Waals surface area contributed by atoms with Crippen LogP contribution in [-0.2, 0) is 11.3 Å². The molecule has 0 aromatic heterocycles. The maximum atomic E-state index is 14.6. The summed E-state index contributed by atoms with van der Waals surface area (Å²) >= 11 is 5.83. The number of benzene rings is 3. The third kappa shape index (κ3) is 5.60. The van der Waals surface area contributed by atoms with Crippen molar-refractivity contribution in [3.8, 4) is 5.75 Å². The van der Waals surface area contributed by atoms with Crippen molar-refractivity contribution in [1.82, 2.24) is 0 Å². The van der Waals surface area contributed by atoms with E-state index >= 15 is 0 Å². The molecule has 0 atom stereocenters. The molecule has 11 heteroatoms. The average molecular weight is 477 g/mol. The molecular formula is C22H15ClF2N2O6. The number of nitro benzene ring substituents is 1. The Morgan fingerprint density at radius 1 is 1.03 bits per heavy atom. The molecule has 3 aromatic carbocycles. The van der Waals surface area contributed by atoms with Crippen LogP contribution in [0.15, 0.2) is 60.7 Å². The van der Waals surface area contributed by atoms with E-state index in [0.717, 1.165) is 42.3 Å². The Bertz CT molecular complexity index is 1220. The predicted octanol–water partition coefficient (Wildman–Crippen LogP) is 5.52. The summed E-state index contributed by atoms with van der Waals surface area (Å²) in [5.74, 6) is -2.26. The summed E-state index contributed by atoms with van der Waals surface area (Å²) in [7, 11) is 1.16. The van der Waals surface area contributed by atoms with E-state index in [-0.39, 0.29) is 39.8 Å². The number of ether oxygens (including phenoxy) is 2. The normalized spacial score (nSPS) is 10.4. The van der Waals surface area contributed by atoms with Gasteiger partial charge in [0.2, 0.25) is 0 Å². The summed E-state index contributed by atoms with van der Waals surface area (Å²) in [6, 6.07) is 11.7. The molecule has 8 nitrogen and oxygen atoms in total. The summed E-state index contributed by atoms with van der Waals surface area (Å²) in [6.07, 6.45) is -0.983. The second-order valence-corrected chi connectivity index (χ2v) is 7.01. The summed E-state index contributed by atoms with van der Waals surface area (Å²) in [5.41, 5.74) is -0.109. The van der Waals surface area contributed by atoms with E-state index in [4.69, 9.17) is 16.3 Å². The lowest BCUT2D eigenvalue weighted by molar-refractivity contribution is -0.384. The standard InChI is InChI=1S/C22H15ClF2N2O6/c1-32-21(28)13-2-3-14(20(25)10-13)12-26(16-6-9-19(24)18(23)11-16)22(29)33-17-7-4-15(5-8-17)27(30)31/h2-11H,12H2,1H3. The minimum absolute atomic E-state index is 0.00896. The van der Waals surface area contributed by atoms with Crippen LogP contribution in [0.1, 0.15) is 15.9 Å². The maximum Gasteiger partial charge on any atom is 0.420 e. The van der Waals surface area contributed by atoms with Crippen LogP contribution in [0.2, 0.25) is 5.02 Å². The topological polar surface area (TPSA) is 99.0 Å². The number of halogens is 3. The van der Waals surface area contributed by atoms with E-state index in [2.05, 4.69) is 4.74 Å². The van der Waals surface area contributed by atoms with Crippen molar-refractivity contribution < 1.29 is 32.8 Å². The Labute approximate surface area is 191 Å². The number of hydrogen-bond donors (Lipinski definition) is 0. The molecule has 0 bridgehead atoms. The number of rotatable bonds is 6. The van der Waals surface area contributed by atoms with Crippen LogP contribution < -0.4 is 9.64 Å². The van der Waals surface area contributed by atoms with Crippen molar-refractivity contribution >= 4 is 35.0 Å². The molecule has 0 unspecified atom stereocenters. The van der Waals surface area contributed by atoms with Crippen LogP contribution in [0.5, 0.6) is 5.75 Å². The number of nitro groups is 1. The molecule has 33 heavy (non-hydrogen) atoms. The first-order valence-corrected chi connectivity index (χ1v) is 9.63. The number of esters is 1. The number of hydrogen-bond acceptors (Lipinski definition) is 6. The highest BCUT2D eigenvalue weighted by Crippen LogP contribution is 2.27. The SMILES string of the molecule is COC(=O)c1ccc(CN(C(=O)Oc2ccc([N+](=O)[O-])cc2)c2ccc(F)c(Cl)c2)c(F)c1. The Morgan fingerprint density at radius 2 is 1.73 bits per heavy atom.